The summed E-state index contributed by atoms with van der Waals surface area (Å²) in [4.78, 5) is 23.9. The van der Waals surface area contributed by atoms with Crippen molar-refractivity contribution < 1.29 is 9.59 Å². The van der Waals surface area contributed by atoms with Gasteiger partial charge in [-0.25, -0.2) is 10.2 Å². The highest BCUT2D eigenvalue weighted by Gasteiger charge is 2.18. The van der Waals surface area contributed by atoms with Crippen LogP contribution in [0.5, 0.6) is 0 Å². The number of carbonyl (C=O) groups excluding carboxylic acids is 2. The predicted octanol–water partition coefficient (Wildman–Crippen LogP) is 2.48. The van der Waals surface area contributed by atoms with E-state index < -0.39 is 11.9 Å². The molecular weight excluding hydrogens is 342 g/mol. The minimum absolute atomic E-state index is 0.381. The van der Waals surface area contributed by atoms with Crippen molar-refractivity contribution in [3.8, 4) is 11.3 Å². The van der Waals surface area contributed by atoms with Gasteiger partial charge in [0.1, 0.15) is 5.69 Å². The van der Waals surface area contributed by atoms with Crippen LogP contribution in [0, 0.1) is 6.92 Å². The van der Waals surface area contributed by atoms with E-state index in [2.05, 4.69) is 21.3 Å². The van der Waals surface area contributed by atoms with Crippen molar-refractivity contribution in [2.75, 3.05) is 7.05 Å². The Morgan fingerprint density at radius 2 is 1.70 bits per heavy atom. The van der Waals surface area contributed by atoms with E-state index in [9.17, 15) is 9.59 Å². The molecule has 0 fully saturated rings. The molecule has 0 aliphatic carbocycles. The number of rotatable bonds is 4. The van der Waals surface area contributed by atoms with Crippen LogP contribution in [-0.4, -0.2) is 28.8 Å². The van der Waals surface area contributed by atoms with Gasteiger partial charge in [0.2, 0.25) is 0 Å². The van der Waals surface area contributed by atoms with Crippen LogP contribution in [0.2, 0.25) is 0 Å². The molecule has 0 bridgehead atoms. The van der Waals surface area contributed by atoms with Gasteiger partial charge in [-0.3, -0.25) is 14.9 Å². The van der Waals surface area contributed by atoms with Gasteiger partial charge in [-0.2, -0.15) is 5.10 Å². The quantitative estimate of drug-likeness (QED) is 0.622. The molecule has 3 aromatic rings. The number of aryl methyl sites for hydroxylation is 1. The second kappa shape index (κ2) is 8.18. The lowest BCUT2D eigenvalue weighted by Crippen LogP contribution is -2.45. The number of hydrazine groups is 1. The smallest absolute Gasteiger partial charge is 0.333 e. The minimum Gasteiger partial charge on any atom is -0.340 e. The molecule has 0 saturated carbocycles. The first-order valence-electron chi connectivity index (χ1n) is 8.53. The van der Waals surface area contributed by atoms with Gasteiger partial charge in [-0.05, 0) is 12.5 Å². The first-order chi connectivity index (χ1) is 13.1. The SMILES string of the molecule is CNC(=O)NNC(=O)c1cn(Cc2ccccc2)nc1-c1ccc(C)cc1. The maximum absolute atomic E-state index is 12.6. The summed E-state index contributed by atoms with van der Waals surface area (Å²) in [5.74, 6) is -0.437. The lowest BCUT2D eigenvalue weighted by Gasteiger charge is -2.06. The maximum atomic E-state index is 12.6. The fraction of sp³-hybridized carbons (Fsp3) is 0.150. The van der Waals surface area contributed by atoms with Crippen molar-refractivity contribution in [1.29, 1.82) is 0 Å². The lowest BCUT2D eigenvalue weighted by molar-refractivity contribution is 0.0937. The van der Waals surface area contributed by atoms with E-state index in [-0.39, 0.29) is 0 Å². The van der Waals surface area contributed by atoms with Gasteiger partial charge < -0.3 is 5.32 Å². The van der Waals surface area contributed by atoms with Crippen molar-refractivity contribution >= 4 is 11.9 Å². The Hall–Kier alpha value is -3.61. The average molecular weight is 363 g/mol. The topological polar surface area (TPSA) is 88.0 Å². The third kappa shape index (κ3) is 4.52. The van der Waals surface area contributed by atoms with Gasteiger partial charge in [0.25, 0.3) is 5.91 Å². The average Bonchev–Trinajstić information content (AvgIpc) is 3.11. The molecule has 0 radical (unpaired) electrons. The van der Waals surface area contributed by atoms with Crippen molar-refractivity contribution in [2.24, 2.45) is 0 Å². The monoisotopic (exact) mass is 363 g/mol. The van der Waals surface area contributed by atoms with Crippen molar-refractivity contribution in [3.05, 3.63) is 77.5 Å². The zero-order valence-electron chi connectivity index (χ0n) is 15.2. The van der Waals surface area contributed by atoms with Gasteiger partial charge in [0, 0.05) is 18.8 Å². The molecule has 0 saturated heterocycles. The van der Waals surface area contributed by atoms with Crippen molar-refractivity contribution in [1.82, 2.24) is 25.9 Å². The molecule has 0 spiro atoms. The standard InChI is InChI=1S/C20H21N5O2/c1-14-8-10-16(11-9-14)18-17(19(26)22-23-20(27)21-2)13-25(24-18)12-15-6-4-3-5-7-15/h3-11,13H,12H2,1-2H3,(H,22,26)(H2,21,23,27). The van der Waals surface area contributed by atoms with E-state index in [1.54, 1.807) is 10.9 Å². The van der Waals surface area contributed by atoms with Gasteiger partial charge in [-0.1, -0.05) is 60.2 Å². The molecule has 1 aromatic heterocycles. The molecule has 0 unspecified atom stereocenters. The van der Waals surface area contributed by atoms with Gasteiger partial charge in [0.15, 0.2) is 0 Å². The molecule has 1 heterocycles. The number of hydrogen-bond donors (Lipinski definition) is 3. The van der Waals surface area contributed by atoms with Crippen LogP contribution in [-0.2, 0) is 6.54 Å². The Morgan fingerprint density at radius 1 is 1.00 bits per heavy atom. The van der Waals surface area contributed by atoms with E-state index in [0.717, 1.165) is 16.7 Å². The van der Waals surface area contributed by atoms with Crippen LogP contribution < -0.4 is 16.2 Å². The fourth-order valence-electron chi connectivity index (χ4n) is 2.61. The highest BCUT2D eigenvalue weighted by molar-refractivity contribution is 6.00. The third-order valence-electron chi connectivity index (χ3n) is 4.04. The van der Waals surface area contributed by atoms with E-state index in [0.29, 0.717) is 17.8 Å². The van der Waals surface area contributed by atoms with E-state index in [1.807, 2.05) is 61.5 Å². The number of benzene rings is 2. The van der Waals surface area contributed by atoms with Gasteiger partial charge >= 0.3 is 6.03 Å². The van der Waals surface area contributed by atoms with Gasteiger partial charge in [-0.15, -0.1) is 0 Å². The summed E-state index contributed by atoms with van der Waals surface area (Å²) in [5, 5.41) is 6.98. The summed E-state index contributed by atoms with van der Waals surface area (Å²) in [6, 6.07) is 17.2. The molecule has 7 nitrogen and oxygen atoms in total. The molecule has 27 heavy (non-hydrogen) atoms. The second-order valence-electron chi connectivity index (χ2n) is 6.10. The first-order valence-corrected chi connectivity index (χ1v) is 8.53. The molecule has 2 aromatic carbocycles. The summed E-state index contributed by atoms with van der Waals surface area (Å²) in [6.45, 7) is 2.54. The van der Waals surface area contributed by atoms with Crippen LogP contribution >= 0.6 is 0 Å². The Kier molecular flexibility index (Phi) is 5.51. The maximum Gasteiger partial charge on any atom is 0.333 e. The van der Waals surface area contributed by atoms with E-state index in [4.69, 9.17) is 0 Å². The molecule has 3 rings (SSSR count). The Bertz CT molecular complexity index is 933. The molecule has 7 heteroatoms. The van der Waals surface area contributed by atoms with Crippen molar-refractivity contribution in [2.45, 2.75) is 13.5 Å². The van der Waals surface area contributed by atoms with Crippen LogP contribution in [0.15, 0.2) is 60.8 Å². The first kappa shape index (κ1) is 18.2. The summed E-state index contributed by atoms with van der Waals surface area (Å²) in [7, 11) is 1.47. The Morgan fingerprint density at radius 3 is 2.37 bits per heavy atom. The number of nitrogens with zero attached hydrogens (tertiary/aromatic N) is 2. The number of urea groups is 1. The molecule has 0 aliphatic rings. The van der Waals surface area contributed by atoms with Crippen LogP contribution in [0.4, 0.5) is 4.79 Å². The molecule has 0 atom stereocenters. The normalized spacial score (nSPS) is 10.3. The highest BCUT2D eigenvalue weighted by atomic mass is 16.2. The van der Waals surface area contributed by atoms with Crippen molar-refractivity contribution in [3.63, 3.8) is 0 Å². The largest absolute Gasteiger partial charge is 0.340 e. The molecule has 0 aliphatic heterocycles. The van der Waals surface area contributed by atoms with Crippen LogP contribution in [0.25, 0.3) is 11.3 Å². The van der Waals surface area contributed by atoms with Gasteiger partial charge in [0.05, 0.1) is 12.1 Å². The Balaban J connectivity index is 1.92. The number of hydrogen-bond acceptors (Lipinski definition) is 3. The summed E-state index contributed by atoms with van der Waals surface area (Å²) >= 11 is 0. The second-order valence-corrected chi connectivity index (χ2v) is 6.10. The fourth-order valence-corrected chi connectivity index (χ4v) is 2.61. The summed E-state index contributed by atoms with van der Waals surface area (Å²) in [5.41, 5.74) is 8.65. The van der Waals surface area contributed by atoms with E-state index in [1.165, 1.54) is 7.05 Å². The number of nitrogens with one attached hydrogen (secondary N) is 3. The van der Waals surface area contributed by atoms with E-state index >= 15 is 0 Å². The highest BCUT2D eigenvalue weighted by Crippen LogP contribution is 2.23. The molecule has 3 amide bonds. The number of amides is 3. The number of aromatic nitrogens is 2. The van der Waals surface area contributed by atoms with Crippen LogP contribution in [0.1, 0.15) is 21.5 Å². The lowest BCUT2D eigenvalue weighted by atomic mass is 10.1. The zero-order chi connectivity index (χ0) is 19.2. The zero-order valence-corrected chi connectivity index (χ0v) is 15.2. The van der Waals surface area contributed by atoms with Crippen LogP contribution in [0.3, 0.4) is 0 Å². The summed E-state index contributed by atoms with van der Waals surface area (Å²) in [6.07, 6.45) is 1.68. The predicted molar refractivity (Wildman–Crippen MR) is 103 cm³/mol. The number of carbonyl (C=O) groups is 2. The molecular formula is C20H21N5O2. The molecule has 138 valence electrons. The molecule has 3 N–H and O–H groups in total. The minimum atomic E-state index is -0.503. The summed E-state index contributed by atoms with van der Waals surface area (Å²) < 4.78 is 1.72. The Labute approximate surface area is 157 Å². The third-order valence-corrected chi connectivity index (χ3v) is 4.04.